The van der Waals surface area contributed by atoms with Crippen molar-refractivity contribution in [2.75, 3.05) is 14.1 Å². The summed E-state index contributed by atoms with van der Waals surface area (Å²) in [5.74, 6) is 0.235. The molecule has 1 atom stereocenters. The number of halogens is 3. The van der Waals surface area contributed by atoms with Gasteiger partial charge in [-0.2, -0.15) is 17.9 Å². The van der Waals surface area contributed by atoms with Gasteiger partial charge in [-0.1, -0.05) is 6.07 Å². The number of benzene rings is 2. The molecule has 0 bridgehead atoms. The molecule has 0 aliphatic carbocycles. The van der Waals surface area contributed by atoms with Gasteiger partial charge in [-0.3, -0.25) is 4.90 Å². The van der Waals surface area contributed by atoms with Crippen LogP contribution >= 0.6 is 0 Å². The molecular formula is C17H19F3N2O3S. The van der Waals surface area contributed by atoms with Crippen molar-refractivity contribution in [2.24, 2.45) is 0 Å². The third-order valence-corrected chi connectivity index (χ3v) is 5.18. The Morgan fingerprint density at radius 3 is 2.19 bits per heavy atom. The van der Waals surface area contributed by atoms with Crippen LogP contribution in [0.3, 0.4) is 0 Å². The molecule has 5 nitrogen and oxygen atoms in total. The van der Waals surface area contributed by atoms with Crippen molar-refractivity contribution in [3.05, 3.63) is 54.1 Å². The highest BCUT2D eigenvalue weighted by molar-refractivity contribution is 7.89. The number of ether oxygens (including phenoxy) is 1. The monoisotopic (exact) mass is 388 g/mol. The summed E-state index contributed by atoms with van der Waals surface area (Å²) in [6.07, 6.45) is -4.87. The Kier molecular flexibility index (Phi) is 5.94. The normalized spacial score (nSPS) is 13.7. The van der Waals surface area contributed by atoms with Gasteiger partial charge in [0.2, 0.25) is 10.0 Å². The molecule has 0 spiro atoms. The van der Waals surface area contributed by atoms with Crippen LogP contribution < -0.4 is 9.46 Å². The molecule has 0 aliphatic heterocycles. The summed E-state index contributed by atoms with van der Waals surface area (Å²) in [7, 11) is -0.246. The lowest BCUT2D eigenvalue weighted by molar-refractivity contribution is -0.137. The fourth-order valence-electron chi connectivity index (χ4n) is 1.96. The van der Waals surface area contributed by atoms with Crippen molar-refractivity contribution >= 4 is 10.0 Å². The number of nitrogens with one attached hydrogen (secondary N) is 1. The van der Waals surface area contributed by atoms with Gasteiger partial charge in [0, 0.05) is 0 Å². The van der Waals surface area contributed by atoms with Crippen LogP contribution in [0.5, 0.6) is 11.5 Å². The van der Waals surface area contributed by atoms with Crippen molar-refractivity contribution < 1.29 is 26.3 Å². The van der Waals surface area contributed by atoms with E-state index in [0.29, 0.717) is 0 Å². The fraction of sp³-hybridized carbons (Fsp3) is 0.294. The molecule has 0 fully saturated rings. The SMILES string of the molecule is CC(NS(=O)(=O)c1ccc(Oc2cccc(C(F)(F)F)c2)cc1)N(C)C. The zero-order valence-corrected chi connectivity index (χ0v) is 15.2. The molecule has 0 saturated carbocycles. The molecular weight excluding hydrogens is 369 g/mol. The molecule has 2 rings (SSSR count). The van der Waals surface area contributed by atoms with E-state index in [1.807, 2.05) is 0 Å². The zero-order valence-electron chi connectivity index (χ0n) is 14.4. The van der Waals surface area contributed by atoms with Gasteiger partial charge in [-0.05, 0) is 63.5 Å². The average molecular weight is 388 g/mol. The van der Waals surface area contributed by atoms with E-state index in [4.69, 9.17) is 4.74 Å². The summed E-state index contributed by atoms with van der Waals surface area (Å²) >= 11 is 0. The molecule has 2 aromatic rings. The van der Waals surface area contributed by atoms with E-state index in [-0.39, 0.29) is 16.4 Å². The van der Waals surface area contributed by atoms with E-state index in [9.17, 15) is 21.6 Å². The highest BCUT2D eigenvalue weighted by atomic mass is 32.2. The minimum Gasteiger partial charge on any atom is -0.457 e. The number of rotatable bonds is 6. The van der Waals surface area contributed by atoms with Gasteiger partial charge in [0.15, 0.2) is 0 Å². The lowest BCUT2D eigenvalue weighted by Gasteiger charge is -2.21. The molecule has 0 aromatic heterocycles. The summed E-state index contributed by atoms with van der Waals surface area (Å²) in [5.41, 5.74) is -0.823. The van der Waals surface area contributed by atoms with Crippen LogP contribution in [0.1, 0.15) is 12.5 Å². The van der Waals surface area contributed by atoms with Crippen LogP contribution in [0, 0.1) is 0 Å². The van der Waals surface area contributed by atoms with Gasteiger partial charge in [-0.25, -0.2) is 8.42 Å². The second kappa shape index (κ2) is 7.65. The van der Waals surface area contributed by atoms with Crippen LogP contribution in [-0.2, 0) is 16.2 Å². The third-order valence-electron chi connectivity index (χ3n) is 3.63. The summed E-state index contributed by atoms with van der Waals surface area (Å²) < 4.78 is 70.6. The highest BCUT2D eigenvalue weighted by Gasteiger charge is 2.30. The molecule has 0 amide bonds. The summed E-state index contributed by atoms with van der Waals surface area (Å²) in [5, 5.41) is 0. The molecule has 0 radical (unpaired) electrons. The smallest absolute Gasteiger partial charge is 0.416 e. The first-order valence-electron chi connectivity index (χ1n) is 7.63. The second-order valence-corrected chi connectivity index (χ2v) is 7.57. The molecule has 0 aliphatic rings. The first kappa shape index (κ1) is 20.2. The summed E-state index contributed by atoms with van der Waals surface area (Å²) in [4.78, 5) is 1.73. The van der Waals surface area contributed by atoms with Gasteiger partial charge in [0.1, 0.15) is 11.5 Å². The average Bonchev–Trinajstić information content (AvgIpc) is 2.54. The largest absolute Gasteiger partial charge is 0.457 e. The summed E-state index contributed by atoms with van der Waals surface area (Å²) in [6.45, 7) is 1.70. The van der Waals surface area contributed by atoms with Crippen LogP contribution in [0.4, 0.5) is 13.2 Å². The number of nitrogens with zero attached hydrogens (tertiary/aromatic N) is 1. The minimum absolute atomic E-state index is 0.00906. The number of sulfonamides is 1. The quantitative estimate of drug-likeness (QED) is 0.767. The maximum Gasteiger partial charge on any atom is 0.416 e. The van der Waals surface area contributed by atoms with Crippen molar-refractivity contribution in [1.82, 2.24) is 9.62 Å². The zero-order chi connectivity index (χ0) is 19.5. The maximum absolute atomic E-state index is 12.7. The number of alkyl halides is 3. The molecule has 1 unspecified atom stereocenters. The molecule has 1 N–H and O–H groups in total. The third kappa shape index (κ3) is 5.20. The Labute approximate surface area is 150 Å². The predicted octanol–water partition coefficient (Wildman–Crippen LogP) is 3.68. The number of hydrogen-bond donors (Lipinski definition) is 1. The van der Waals surface area contributed by atoms with Crippen molar-refractivity contribution in [3.8, 4) is 11.5 Å². The Morgan fingerprint density at radius 2 is 1.65 bits per heavy atom. The molecule has 0 heterocycles. The topological polar surface area (TPSA) is 58.6 Å². The van der Waals surface area contributed by atoms with Gasteiger partial charge in [0.05, 0.1) is 16.6 Å². The Hall–Kier alpha value is -2.10. The Morgan fingerprint density at radius 1 is 1.04 bits per heavy atom. The molecule has 2 aromatic carbocycles. The fourth-order valence-corrected chi connectivity index (χ4v) is 3.25. The van der Waals surface area contributed by atoms with E-state index in [1.165, 1.54) is 36.4 Å². The van der Waals surface area contributed by atoms with Gasteiger partial charge in [0.25, 0.3) is 0 Å². The van der Waals surface area contributed by atoms with E-state index in [1.54, 1.807) is 25.9 Å². The van der Waals surface area contributed by atoms with E-state index in [2.05, 4.69) is 4.72 Å². The first-order chi connectivity index (χ1) is 12.0. The van der Waals surface area contributed by atoms with Crippen LogP contribution in [-0.4, -0.2) is 33.6 Å². The Balaban J connectivity index is 2.15. The van der Waals surface area contributed by atoms with Gasteiger partial charge < -0.3 is 4.74 Å². The van der Waals surface area contributed by atoms with Gasteiger partial charge in [-0.15, -0.1) is 0 Å². The molecule has 9 heteroatoms. The first-order valence-corrected chi connectivity index (χ1v) is 9.11. The summed E-state index contributed by atoms with van der Waals surface area (Å²) in [6, 6.07) is 9.88. The van der Waals surface area contributed by atoms with Crippen molar-refractivity contribution in [1.29, 1.82) is 0 Å². The predicted molar refractivity (Wildman–Crippen MR) is 91.4 cm³/mol. The second-order valence-electron chi connectivity index (χ2n) is 5.86. The van der Waals surface area contributed by atoms with E-state index >= 15 is 0 Å². The lowest BCUT2D eigenvalue weighted by Crippen LogP contribution is -2.42. The molecule has 26 heavy (non-hydrogen) atoms. The standard InChI is InChI=1S/C17H19F3N2O3S/c1-12(22(2)3)21-26(23,24)16-9-7-14(8-10-16)25-15-6-4-5-13(11-15)17(18,19)20/h4-12,21H,1-3H3. The van der Waals surface area contributed by atoms with Gasteiger partial charge >= 0.3 is 6.18 Å². The van der Waals surface area contributed by atoms with Crippen LogP contribution in [0.25, 0.3) is 0 Å². The lowest BCUT2D eigenvalue weighted by atomic mass is 10.2. The molecule has 0 saturated heterocycles. The van der Waals surface area contributed by atoms with E-state index < -0.39 is 27.9 Å². The van der Waals surface area contributed by atoms with Crippen molar-refractivity contribution in [3.63, 3.8) is 0 Å². The minimum atomic E-state index is -4.47. The van der Waals surface area contributed by atoms with Crippen LogP contribution in [0.15, 0.2) is 53.4 Å². The number of hydrogen-bond acceptors (Lipinski definition) is 4. The Bertz CT molecular complexity index is 850. The molecule has 142 valence electrons. The maximum atomic E-state index is 12.7. The highest BCUT2D eigenvalue weighted by Crippen LogP contribution is 2.32. The van der Waals surface area contributed by atoms with Crippen molar-refractivity contribution in [2.45, 2.75) is 24.2 Å². The van der Waals surface area contributed by atoms with E-state index in [0.717, 1.165) is 12.1 Å². The van der Waals surface area contributed by atoms with Crippen LogP contribution in [0.2, 0.25) is 0 Å².